The topological polar surface area (TPSA) is 97.0 Å². The Morgan fingerprint density at radius 1 is 1.07 bits per heavy atom. The van der Waals surface area contributed by atoms with Crippen molar-refractivity contribution in [3.63, 3.8) is 0 Å². The molecule has 0 saturated heterocycles. The molecule has 0 spiro atoms. The van der Waals surface area contributed by atoms with E-state index in [1.807, 2.05) is 0 Å². The normalized spacial score (nSPS) is 3.50. The maximum atomic E-state index is 9.00. The zero-order valence-electron chi connectivity index (χ0n) is 8.14. The van der Waals surface area contributed by atoms with E-state index in [4.69, 9.17) is 23.9 Å². The van der Waals surface area contributed by atoms with E-state index in [0.717, 1.165) is 6.92 Å². The van der Waals surface area contributed by atoms with Crippen LogP contribution in [0.3, 0.4) is 0 Å². The van der Waals surface area contributed by atoms with Gasteiger partial charge in [-0.2, -0.15) is 0 Å². The van der Waals surface area contributed by atoms with Crippen molar-refractivity contribution >= 4 is 5.97 Å². The molecule has 0 aromatic carbocycles. The fourth-order valence-electron chi connectivity index (χ4n) is 0. The Balaban J connectivity index is -0.0000000146. The first-order valence-electron chi connectivity index (χ1n) is 2.95. The van der Waals surface area contributed by atoms with Gasteiger partial charge in [-0.25, -0.2) is 0 Å². The standard InChI is InChI=1S/C3H8.C2H4O2.3CO.Ru/c1-3-2;1-2(3)4;3*1-2;/h3H2,1-2H3;1H3,(H,3,4);;;;/q;;;;;+1. The maximum absolute atomic E-state index is 9.00. The Hall–Kier alpha value is -0.687. The van der Waals surface area contributed by atoms with Crippen LogP contribution in [-0.4, -0.2) is 11.1 Å². The largest absolute Gasteiger partial charge is 1.00 e. The first-order valence-corrected chi connectivity index (χ1v) is 2.95. The molecule has 14 heavy (non-hydrogen) atoms. The Morgan fingerprint density at radius 3 is 1.07 bits per heavy atom. The van der Waals surface area contributed by atoms with Crippen LogP contribution in [-0.2, 0) is 38.2 Å². The van der Waals surface area contributed by atoms with Crippen LogP contribution in [0.5, 0.6) is 0 Å². The van der Waals surface area contributed by atoms with Crippen molar-refractivity contribution in [2.24, 2.45) is 0 Å². The van der Waals surface area contributed by atoms with E-state index in [9.17, 15) is 0 Å². The molecule has 0 aliphatic rings. The summed E-state index contributed by atoms with van der Waals surface area (Å²) in [6.45, 7) is 18.8. The van der Waals surface area contributed by atoms with Gasteiger partial charge in [0.1, 0.15) is 0 Å². The molecule has 0 saturated carbocycles. The van der Waals surface area contributed by atoms with Crippen molar-refractivity contribution in [2.45, 2.75) is 27.2 Å². The van der Waals surface area contributed by atoms with Crippen molar-refractivity contribution in [3.05, 3.63) is 20.0 Å². The van der Waals surface area contributed by atoms with Gasteiger partial charge in [-0.05, 0) is 0 Å². The molecule has 0 amide bonds. The fourth-order valence-corrected chi connectivity index (χ4v) is 0. The number of hydrogen-bond acceptors (Lipinski definition) is 1. The second kappa shape index (κ2) is 144. The van der Waals surface area contributed by atoms with E-state index in [1.165, 1.54) is 6.42 Å². The molecule has 0 heterocycles. The van der Waals surface area contributed by atoms with Gasteiger partial charge in [-0.3, -0.25) is 4.79 Å². The number of carboxylic acid groups (broad SMARTS) is 1. The summed E-state index contributed by atoms with van der Waals surface area (Å²) < 4.78 is 22.5. The Labute approximate surface area is 96.8 Å². The summed E-state index contributed by atoms with van der Waals surface area (Å²) in [4.78, 5) is 9.00. The number of aliphatic carboxylic acids is 1. The molecule has 0 fully saturated rings. The van der Waals surface area contributed by atoms with Gasteiger partial charge in [0.05, 0.1) is 0 Å². The van der Waals surface area contributed by atoms with Gasteiger partial charge in [-0.1, -0.05) is 20.3 Å². The SMILES string of the molecule is CC(=O)O.CCC.[C-]#[O+].[C-]#[O+].[C-]#[O+].[Ru+]. The molecule has 0 rings (SSSR count). The summed E-state index contributed by atoms with van der Waals surface area (Å²) in [7, 11) is 0. The number of carboxylic acids is 1. The predicted octanol–water partition coefficient (Wildman–Crippen LogP) is 1.39. The molecule has 1 N–H and O–H groups in total. The number of hydrogen-bond donors (Lipinski definition) is 1. The fraction of sp³-hybridized carbons (Fsp3) is 0.500. The molecule has 0 unspecified atom stereocenters. The smallest absolute Gasteiger partial charge is 1.00 e. The molecule has 1 radical (unpaired) electrons. The molecule has 0 atom stereocenters. The third kappa shape index (κ3) is 2550. The third-order valence-electron chi connectivity index (χ3n) is 0. The molecule has 0 aliphatic heterocycles. The van der Waals surface area contributed by atoms with Gasteiger partial charge < -0.3 is 5.11 Å². The Kier molecular flexibility index (Phi) is 387. The average Bonchev–Trinajstić information content (AvgIpc) is 2.14. The molecular weight excluding hydrogens is 277 g/mol. The van der Waals surface area contributed by atoms with Crippen LogP contribution in [0.2, 0.25) is 0 Å². The van der Waals surface area contributed by atoms with Crippen LogP contribution in [0, 0.1) is 20.0 Å². The van der Waals surface area contributed by atoms with Gasteiger partial charge in [0.25, 0.3) is 5.97 Å². The average molecular weight is 289 g/mol. The monoisotopic (exact) mass is 290 g/mol. The summed E-state index contributed by atoms with van der Waals surface area (Å²) in [5.41, 5.74) is 0. The first-order chi connectivity index (χ1) is 6.15. The summed E-state index contributed by atoms with van der Waals surface area (Å²) in [5, 5.41) is 7.42. The summed E-state index contributed by atoms with van der Waals surface area (Å²) >= 11 is 0. The molecule has 5 nitrogen and oxygen atoms in total. The van der Waals surface area contributed by atoms with E-state index in [0.29, 0.717) is 0 Å². The Morgan fingerprint density at radius 2 is 1.07 bits per heavy atom. The van der Waals surface area contributed by atoms with E-state index < -0.39 is 5.97 Å². The van der Waals surface area contributed by atoms with Gasteiger partial charge in [-0.15, -0.1) is 0 Å². The van der Waals surface area contributed by atoms with Crippen LogP contribution in [0.1, 0.15) is 27.2 Å². The van der Waals surface area contributed by atoms with Crippen LogP contribution in [0.4, 0.5) is 0 Å². The van der Waals surface area contributed by atoms with Gasteiger partial charge in [0.15, 0.2) is 0 Å². The van der Waals surface area contributed by atoms with Crippen molar-refractivity contribution in [1.29, 1.82) is 0 Å². The van der Waals surface area contributed by atoms with E-state index in [-0.39, 0.29) is 19.5 Å². The zero-order valence-corrected chi connectivity index (χ0v) is 9.88. The first kappa shape index (κ1) is 37.7. The molecule has 0 aliphatic carbocycles. The zero-order chi connectivity index (χ0) is 12.3. The van der Waals surface area contributed by atoms with Crippen LogP contribution in [0.15, 0.2) is 0 Å². The second-order valence-electron chi connectivity index (χ2n) is 1.23. The maximum Gasteiger partial charge on any atom is 1.00 e. The van der Waals surface area contributed by atoms with Gasteiger partial charge in [0.2, 0.25) is 0 Å². The third-order valence-corrected chi connectivity index (χ3v) is 0. The minimum atomic E-state index is -0.833. The van der Waals surface area contributed by atoms with E-state index in [2.05, 4.69) is 33.8 Å². The predicted molar refractivity (Wildman–Crippen MR) is 41.1 cm³/mol. The minimum Gasteiger partial charge on any atom is 1.00 e. The Bertz CT molecular complexity index is 109. The van der Waals surface area contributed by atoms with Crippen LogP contribution >= 0.6 is 0 Å². The van der Waals surface area contributed by atoms with E-state index >= 15 is 0 Å². The van der Waals surface area contributed by atoms with Crippen molar-refractivity contribution < 1.29 is 43.3 Å². The summed E-state index contributed by atoms with van der Waals surface area (Å²) in [5.74, 6) is -0.833. The van der Waals surface area contributed by atoms with Crippen molar-refractivity contribution in [1.82, 2.24) is 0 Å². The van der Waals surface area contributed by atoms with Crippen molar-refractivity contribution in [2.75, 3.05) is 0 Å². The second-order valence-corrected chi connectivity index (χ2v) is 1.23. The van der Waals surface area contributed by atoms with Crippen LogP contribution in [0.25, 0.3) is 0 Å². The van der Waals surface area contributed by atoms with Crippen LogP contribution < -0.4 is 0 Å². The molecule has 6 heteroatoms. The van der Waals surface area contributed by atoms with Gasteiger partial charge in [0, 0.05) is 6.92 Å². The van der Waals surface area contributed by atoms with Gasteiger partial charge >= 0.3 is 53.4 Å². The quantitative estimate of drug-likeness (QED) is 0.414. The molecule has 0 bridgehead atoms. The summed E-state index contributed by atoms with van der Waals surface area (Å²) in [6.07, 6.45) is 1.25. The number of rotatable bonds is 0. The number of carbonyl (C=O) groups is 1. The molecule has 0 aromatic heterocycles. The molecular formula is C8H12O5Ru+. The summed E-state index contributed by atoms with van der Waals surface area (Å²) in [6, 6.07) is 0. The van der Waals surface area contributed by atoms with E-state index in [1.54, 1.807) is 0 Å². The minimum absolute atomic E-state index is 0. The molecule has 0 aromatic rings. The molecule has 81 valence electrons. The van der Waals surface area contributed by atoms with Crippen molar-refractivity contribution in [3.8, 4) is 0 Å².